The maximum atomic E-state index is 6.04. The summed E-state index contributed by atoms with van der Waals surface area (Å²) in [7, 11) is 1.64. The maximum Gasteiger partial charge on any atom is 0.193 e. The van der Waals surface area contributed by atoms with E-state index < -0.39 is 0 Å². The van der Waals surface area contributed by atoms with Gasteiger partial charge in [0.15, 0.2) is 5.96 Å². The molecule has 0 saturated heterocycles. The molecule has 0 unspecified atom stereocenters. The first-order valence-electron chi connectivity index (χ1n) is 7.64. The predicted octanol–water partition coefficient (Wildman–Crippen LogP) is 4.64. The Bertz CT molecular complexity index is 717. The van der Waals surface area contributed by atoms with Crippen molar-refractivity contribution in [3.05, 3.63) is 59.1 Å². The number of methoxy groups -OCH3 is 1. The van der Waals surface area contributed by atoms with Crippen molar-refractivity contribution in [2.24, 2.45) is 10.7 Å². The molecule has 4 nitrogen and oxygen atoms in total. The van der Waals surface area contributed by atoms with Crippen LogP contribution in [0.5, 0.6) is 5.75 Å². The molecule has 0 amide bonds. The number of halogens is 2. The molecule has 0 atom stereocenters. The fraction of sp³-hybridized carbons (Fsp3) is 0.278. The average molecular weight is 458 g/mol. The van der Waals surface area contributed by atoms with Crippen LogP contribution in [-0.2, 0) is 0 Å². The minimum absolute atomic E-state index is 0. The van der Waals surface area contributed by atoms with Crippen LogP contribution >= 0.6 is 35.6 Å². The second-order valence-corrected chi connectivity index (χ2v) is 6.18. The van der Waals surface area contributed by atoms with Crippen molar-refractivity contribution in [2.45, 2.75) is 24.8 Å². The standard InChI is InChI=1S/C18H20ClN3O.HI/c1-23-17-7-3-6-15(11-17)21-18(20)22-16-9-13(10-16)12-4-2-5-14(19)8-12;/h2-8,11,13,16H,9-10H2,1H3,(H3,20,21,22);1H. The Morgan fingerprint density at radius 3 is 2.67 bits per heavy atom. The van der Waals surface area contributed by atoms with Crippen molar-refractivity contribution in [1.82, 2.24) is 0 Å². The van der Waals surface area contributed by atoms with Gasteiger partial charge in [0.1, 0.15) is 5.75 Å². The quantitative estimate of drug-likeness (QED) is 0.399. The summed E-state index contributed by atoms with van der Waals surface area (Å²) in [6.07, 6.45) is 2.00. The number of nitrogens with zero attached hydrogens (tertiary/aromatic N) is 1. The van der Waals surface area contributed by atoms with Gasteiger partial charge in [0.05, 0.1) is 13.2 Å². The monoisotopic (exact) mass is 457 g/mol. The lowest BCUT2D eigenvalue weighted by molar-refractivity contribution is 0.353. The Morgan fingerprint density at radius 2 is 1.96 bits per heavy atom. The lowest BCUT2D eigenvalue weighted by Crippen LogP contribution is -2.31. The molecule has 0 aliphatic heterocycles. The number of hydrogen-bond acceptors (Lipinski definition) is 2. The van der Waals surface area contributed by atoms with Crippen LogP contribution in [0.15, 0.2) is 53.5 Å². The zero-order chi connectivity index (χ0) is 16.2. The number of anilines is 1. The van der Waals surface area contributed by atoms with Gasteiger partial charge in [0.2, 0.25) is 0 Å². The van der Waals surface area contributed by atoms with E-state index in [4.69, 9.17) is 22.1 Å². The van der Waals surface area contributed by atoms with Crippen molar-refractivity contribution in [2.75, 3.05) is 12.4 Å². The second-order valence-electron chi connectivity index (χ2n) is 5.75. The molecule has 2 aromatic carbocycles. The highest BCUT2D eigenvalue weighted by Crippen LogP contribution is 2.39. The van der Waals surface area contributed by atoms with Crippen LogP contribution in [0.4, 0.5) is 5.69 Å². The number of aliphatic imine (C=N–C) groups is 1. The highest BCUT2D eigenvalue weighted by Gasteiger charge is 2.30. The van der Waals surface area contributed by atoms with Gasteiger partial charge in [-0.05, 0) is 48.6 Å². The molecule has 1 aliphatic carbocycles. The summed E-state index contributed by atoms with van der Waals surface area (Å²) < 4.78 is 5.19. The van der Waals surface area contributed by atoms with Crippen LogP contribution in [0.25, 0.3) is 0 Å². The number of nitrogens with one attached hydrogen (secondary N) is 1. The van der Waals surface area contributed by atoms with E-state index in [9.17, 15) is 0 Å². The molecule has 1 fully saturated rings. The summed E-state index contributed by atoms with van der Waals surface area (Å²) in [5.74, 6) is 1.74. The Balaban J connectivity index is 0.00000208. The minimum Gasteiger partial charge on any atom is -0.497 e. The van der Waals surface area contributed by atoms with E-state index in [0.717, 1.165) is 29.3 Å². The first-order valence-corrected chi connectivity index (χ1v) is 8.01. The largest absolute Gasteiger partial charge is 0.497 e. The first-order chi connectivity index (χ1) is 11.1. The van der Waals surface area contributed by atoms with Crippen molar-refractivity contribution >= 4 is 47.2 Å². The van der Waals surface area contributed by atoms with Crippen LogP contribution in [-0.4, -0.2) is 19.1 Å². The van der Waals surface area contributed by atoms with E-state index in [1.54, 1.807) is 7.11 Å². The summed E-state index contributed by atoms with van der Waals surface area (Å²) in [5, 5.41) is 3.89. The van der Waals surface area contributed by atoms with Gasteiger partial charge in [-0.1, -0.05) is 29.8 Å². The summed E-state index contributed by atoms with van der Waals surface area (Å²) >= 11 is 6.04. The minimum atomic E-state index is 0. The molecule has 128 valence electrons. The first kappa shape index (κ1) is 18.9. The molecule has 0 bridgehead atoms. The van der Waals surface area contributed by atoms with Gasteiger partial charge in [-0.25, -0.2) is 4.99 Å². The Hall–Kier alpha value is -1.47. The smallest absolute Gasteiger partial charge is 0.193 e. The van der Waals surface area contributed by atoms with Crippen molar-refractivity contribution in [1.29, 1.82) is 0 Å². The van der Waals surface area contributed by atoms with E-state index >= 15 is 0 Å². The molecule has 3 rings (SSSR count). The zero-order valence-electron chi connectivity index (χ0n) is 13.4. The fourth-order valence-electron chi connectivity index (χ4n) is 2.80. The molecule has 1 aliphatic rings. The third kappa shape index (κ3) is 4.77. The van der Waals surface area contributed by atoms with Gasteiger partial charge in [-0.15, -0.1) is 24.0 Å². The number of hydrogen-bond donors (Lipinski definition) is 2. The summed E-state index contributed by atoms with van der Waals surface area (Å²) in [6.45, 7) is 0. The average Bonchev–Trinajstić information content (AvgIpc) is 2.50. The van der Waals surface area contributed by atoms with Gasteiger partial charge in [0.25, 0.3) is 0 Å². The van der Waals surface area contributed by atoms with Gasteiger partial charge in [0, 0.05) is 16.8 Å². The molecule has 2 aromatic rings. The molecule has 6 heteroatoms. The normalized spacial score (nSPS) is 19.8. The van der Waals surface area contributed by atoms with E-state index in [0.29, 0.717) is 11.9 Å². The molecular formula is C18H21ClIN3O. The Morgan fingerprint density at radius 1 is 1.21 bits per heavy atom. The third-order valence-corrected chi connectivity index (χ3v) is 4.33. The summed E-state index contributed by atoms with van der Waals surface area (Å²) in [5.41, 5.74) is 8.15. The molecule has 0 heterocycles. The van der Waals surface area contributed by atoms with Crippen molar-refractivity contribution in [3.63, 3.8) is 0 Å². The number of guanidine groups is 1. The SMILES string of the molecule is COc1cccc(NC(N)=NC2CC(c3cccc(Cl)c3)C2)c1.I. The molecule has 24 heavy (non-hydrogen) atoms. The summed E-state index contributed by atoms with van der Waals surface area (Å²) in [6, 6.07) is 15.9. The van der Waals surface area contributed by atoms with E-state index in [-0.39, 0.29) is 30.0 Å². The third-order valence-electron chi connectivity index (χ3n) is 4.10. The fourth-order valence-corrected chi connectivity index (χ4v) is 3.00. The molecule has 3 N–H and O–H groups in total. The zero-order valence-corrected chi connectivity index (χ0v) is 16.5. The highest BCUT2D eigenvalue weighted by atomic mass is 127. The lowest BCUT2D eigenvalue weighted by Gasteiger charge is -2.33. The number of ether oxygens (including phenoxy) is 1. The Kier molecular flexibility index (Phi) is 6.74. The van der Waals surface area contributed by atoms with E-state index in [1.165, 1.54) is 5.56 Å². The summed E-state index contributed by atoms with van der Waals surface area (Å²) in [4.78, 5) is 4.54. The topological polar surface area (TPSA) is 59.6 Å². The molecule has 1 saturated carbocycles. The predicted molar refractivity (Wildman–Crippen MR) is 111 cm³/mol. The second kappa shape index (κ2) is 8.58. The van der Waals surface area contributed by atoms with Crippen molar-refractivity contribution < 1.29 is 4.74 Å². The molecule has 0 spiro atoms. The van der Waals surface area contributed by atoms with Gasteiger partial charge < -0.3 is 15.8 Å². The van der Waals surface area contributed by atoms with E-state index in [2.05, 4.69) is 16.4 Å². The van der Waals surface area contributed by atoms with Crippen molar-refractivity contribution in [3.8, 4) is 5.75 Å². The van der Waals surface area contributed by atoms with Crippen LogP contribution in [0.3, 0.4) is 0 Å². The van der Waals surface area contributed by atoms with Crippen LogP contribution in [0, 0.1) is 0 Å². The van der Waals surface area contributed by atoms with Crippen LogP contribution < -0.4 is 15.8 Å². The molecular weight excluding hydrogens is 437 g/mol. The van der Waals surface area contributed by atoms with Crippen LogP contribution in [0.1, 0.15) is 24.3 Å². The lowest BCUT2D eigenvalue weighted by atomic mass is 9.76. The van der Waals surface area contributed by atoms with Crippen LogP contribution in [0.2, 0.25) is 5.02 Å². The number of rotatable bonds is 4. The van der Waals surface area contributed by atoms with Gasteiger partial charge >= 0.3 is 0 Å². The van der Waals surface area contributed by atoms with Gasteiger partial charge in [-0.3, -0.25) is 0 Å². The molecule has 0 radical (unpaired) electrons. The number of benzene rings is 2. The number of nitrogens with two attached hydrogens (primary N) is 1. The highest BCUT2D eigenvalue weighted by molar-refractivity contribution is 14.0. The Labute approximate surface area is 164 Å². The maximum absolute atomic E-state index is 6.04. The van der Waals surface area contributed by atoms with E-state index in [1.807, 2.05) is 42.5 Å². The molecule has 0 aromatic heterocycles. The van der Waals surface area contributed by atoms with Gasteiger partial charge in [-0.2, -0.15) is 0 Å².